The Bertz CT molecular complexity index is 860. The first kappa shape index (κ1) is 12.3. The highest BCUT2D eigenvalue weighted by atomic mass is 16.5. The first-order chi connectivity index (χ1) is 10.3. The van der Waals surface area contributed by atoms with Gasteiger partial charge in [0, 0.05) is 19.2 Å². The lowest BCUT2D eigenvalue weighted by Crippen LogP contribution is -2.19. The zero-order chi connectivity index (χ0) is 14.2. The Morgan fingerprint density at radius 1 is 1.19 bits per heavy atom. The van der Waals surface area contributed by atoms with E-state index in [-0.39, 0.29) is 5.56 Å². The lowest BCUT2D eigenvalue weighted by Gasteiger charge is -2.07. The van der Waals surface area contributed by atoms with Crippen molar-refractivity contribution in [1.29, 1.82) is 0 Å². The van der Waals surface area contributed by atoms with Crippen LogP contribution in [0.5, 0.6) is 5.75 Å². The fourth-order valence-electron chi connectivity index (χ4n) is 2.83. The maximum Gasteiger partial charge on any atom is 0.261 e. The molecule has 0 amide bonds. The topological polar surface area (TPSA) is 44.4 Å². The zero-order valence-corrected chi connectivity index (χ0v) is 11.5. The number of benzene rings is 1. The molecule has 0 saturated carbocycles. The van der Waals surface area contributed by atoms with Crippen molar-refractivity contribution in [1.82, 2.24) is 4.57 Å². The van der Waals surface area contributed by atoms with Crippen molar-refractivity contribution >= 4 is 11.0 Å². The van der Waals surface area contributed by atoms with Crippen molar-refractivity contribution in [3.8, 4) is 5.75 Å². The maximum absolute atomic E-state index is 12.3. The third kappa shape index (κ3) is 2.13. The Balaban J connectivity index is 1.58. The van der Waals surface area contributed by atoms with E-state index in [9.17, 15) is 4.79 Å². The zero-order valence-electron chi connectivity index (χ0n) is 11.5. The first-order valence-corrected chi connectivity index (χ1v) is 7.12. The standard InChI is InChI=1S/C17H15NO3/c19-17-14-6-10-21-16(14)4-8-18(17)7-3-12-1-2-15-13(11-12)5-9-20-15/h1-2,4,6,8,10-11H,3,5,7,9H2. The van der Waals surface area contributed by atoms with Crippen LogP contribution in [0, 0.1) is 0 Å². The van der Waals surface area contributed by atoms with Gasteiger partial charge in [-0.1, -0.05) is 12.1 Å². The van der Waals surface area contributed by atoms with Gasteiger partial charge in [-0.25, -0.2) is 0 Å². The van der Waals surface area contributed by atoms with Crippen LogP contribution >= 0.6 is 0 Å². The molecule has 0 unspecified atom stereocenters. The van der Waals surface area contributed by atoms with Crippen molar-refractivity contribution in [2.45, 2.75) is 19.4 Å². The molecular weight excluding hydrogens is 266 g/mol. The summed E-state index contributed by atoms with van der Waals surface area (Å²) in [7, 11) is 0. The Kier molecular flexibility index (Phi) is 2.81. The second kappa shape index (κ2) is 4.81. The number of fused-ring (bicyclic) bond motifs is 2. The third-order valence-corrected chi connectivity index (χ3v) is 3.99. The van der Waals surface area contributed by atoms with Crippen molar-refractivity contribution in [3.05, 3.63) is 64.3 Å². The summed E-state index contributed by atoms with van der Waals surface area (Å²) in [6.07, 6.45) is 5.15. The van der Waals surface area contributed by atoms with Crippen LogP contribution in [-0.2, 0) is 19.4 Å². The van der Waals surface area contributed by atoms with Crippen LogP contribution < -0.4 is 10.3 Å². The van der Waals surface area contributed by atoms with Gasteiger partial charge in [-0.3, -0.25) is 4.79 Å². The number of rotatable bonds is 3. The molecule has 0 saturated heterocycles. The summed E-state index contributed by atoms with van der Waals surface area (Å²) in [5, 5.41) is 0.639. The van der Waals surface area contributed by atoms with Crippen LogP contribution in [0.1, 0.15) is 11.1 Å². The summed E-state index contributed by atoms with van der Waals surface area (Å²) in [5.41, 5.74) is 3.15. The predicted molar refractivity (Wildman–Crippen MR) is 79.8 cm³/mol. The van der Waals surface area contributed by atoms with Crippen LogP contribution in [0.25, 0.3) is 11.0 Å². The summed E-state index contributed by atoms with van der Waals surface area (Å²) >= 11 is 0. The normalized spacial score (nSPS) is 13.3. The van der Waals surface area contributed by atoms with Gasteiger partial charge >= 0.3 is 0 Å². The molecule has 0 atom stereocenters. The van der Waals surface area contributed by atoms with Crippen LogP contribution in [0.15, 0.2) is 52.0 Å². The lowest BCUT2D eigenvalue weighted by molar-refractivity contribution is 0.357. The molecule has 2 aromatic heterocycles. The van der Waals surface area contributed by atoms with E-state index in [1.807, 2.05) is 12.1 Å². The van der Waals surface area contributed by atoms with Crippen LogP contribution in [-0.4, -0.2) is 11.2 Å². The quantitative estimate of drug-likeness (QED) is 0.741. The number of hydrogen-bond donors (Lipinski definition) is 0. The molecule has 0 N–H and O–H groups in total. The summed E-state index contributed by atoms with van der Waals surface area (Å²) in [6, 6.07) is 9.85. The number of aromatic nitrogens is 1. The maximum atomic E-state index is 12.3. The van der Waals surface area contributed by atoms with Crippen molar-refractivity contribution in [3.63, 3.8) is 0 Å². The molecule has 4 nitrogen and oxygen atoms in total. The second-order valence-electron chi connectivity index (χ2n) is 5.30. The van der Waals surface area contributed by atoms with E-state index in [2.05, 4.69) is 12.1 Å². The highest BCUT2D eigenvalue weighted by Crippen LogP contribution is 2.26. The number of hydrogen-bond acceptors (Lipinski definition) is 3. The molecule has 0 radical (unpaired) electrons. The third-order valence-electron chi connectivity index (χ3n) is 3.99. The van der Waals surface area contributed by atoms with Crippen molar-refractivity contribution in [2.75, 3.05) is 6.61 Å². The predicted octanol–water partition coefficient (Wildman–Crippen LogP) is 2.77. The van der Waals surface area contributed by atoms with Gasteiger partial charge in [0.1, 0.15) is 11.3 Å². The van der Waals surface area contributed by atoms with E-state index in [4.69, 9.17) is 9.15 Å². The van der Waals surface area contributed by atoms with Gasteiger partial charge in [0.2, 0.25) is 0 Å². The Morgan fingerprint density at radius 3 is 3.10 bits per heavy atom. The van der Waals surface area contributed by atoms with E-state index in [1.54, 1.807) is 23.1 Å². The van der Waals surface area contributed by atoms with Gasteiger partial charge in [-0.05, 0) is 35.7 Å². The highest BCUT2D eigenvalue weighted by molar-refractivity contribution is 5.75. The molecule has 4 rings (SSSR count). The monoisotopic (exact) mass is 281 g/mol. The highest BCUT2D eigenvalue weighted by Gasteiger charge is 2.12. The van der Waals surface area contributed by atoms with Gasteiger partial charge in [0.05, 0.1) is 18.3 Å². The molecule has 1 aliphatic heterocycles. The molecule has 106 valence electrons. The van der Waals surface area contributed by atoms with E-state index in [0.29, 0.717) is 17.5 Å². The van der Waals surface area contributed by atoms with Crippen molar-refractivity contribution in [2.24, 2.45) is 0 Å². The van der Waals surface area contributed by atoms with Crippen LogP contribution in [0.2, 0.25) is 0 Å². The number of furan rings is 1. The minimum Gasteiger partial charge on any atom is -0.493 e. The fraction of sp³-hybridized carbons (Fsp3) is 0.235. The molecular formula is C17H15NO3. The van der Waals surface area contributed by atoms with Crippen molar-refractivity contribution < 1.29 is 9.15 Å². The van der Waals surface area contributed by atoms with Gasteiger partial charge in [0.15, 0.2) is 0 Å². The average molecular weight is 281 g/mol. The fourth-order valence-corrected chi connectivity index (χ4v) is 2.83. The molecule has 3 aromatic rings. The van der Waals surface area contributed by atoms with Crippen LogP contribution in [0.4, 0.5) is 0 Å². The Labute approximate surface area is 121 Å². The van der Waals surface area contributed by atoms with Gasteiger partial charge in [-0.2, -0.15) is 0 Å². The smallest absolute Gasteiger partial charge is 0.261 e. The summed E-state index contributed by atoms with van der Waals surface area (Å²) in [6.45, 7) is 1.44. The van der Waals surface area contributed by atoms with Crippen LogP contribution in [0.3, 0.4) is 0 Å². The Morgan fingerprint density at radius 2 is 2.14 bits per heavy atom. The second-order valence-corrected chi connectivity index (χ2v) is 5.30. The number of aryl methyl sites for hydroxylation is 2. The summed E-state index contributed by atoms with van der Waals surface area (Å²) in [5.74, 6) is 0.996. The van der Waals surface area contributed by atoms with Gasteiger partial charge in [-0.15, -0.1) is 0 Å². The van der Waals surface area contributed by atoms with E-state index >= 15 is 0 Å². The molecule has 21 heavy (non-hydrogen) atoms. The SMILES string of the molecule is O=c1c2ccoc2ccn1CCc1ccc2c(c1)CCO2. The number of ether oxygens (including phenoxy) is 1. The molecule has 4 heteroatoms. The largest absolute Gasteiger partial charge is 0.493 e. The number of pyridine rings is 1. The molecule has 0 fully saturated rings. The molecule has 3 heterocycles. The molecule has 0 aliphatic carbocycles. The summed E-state index contributed by atoms with van der Waals surface area (Å²) in [4.78, 5) is 12.3. The van der Waals surface area contributed by atoms with Gasteiger partial charge < -0.3 is 13.7 Å². The molecule has 0 spiro atoms. The molecule has 1 aromatic carbocycles. The lowest BCUT2D eigenvalue weighted by atomic mass is 10.1. The minimum atomic E-state index is 0.00532. The van der Waals surface area contributed by atoms with Gasteiger partial charge in [0.25, 0.3) is 5.56 Å². The average Bonchev–Trinajstić information content (AvgIpc) is 3.15. The van der Waals surface area contributed by atoms with E-state index in [1.165, 1.54) is 11.1 Å². The number of nitrogens with zero attached hydrogens (tertiary/aromatic N) is 1. The molecule has 0 bridgehead atoms. The van der Waals surface area contributed by atoms with E-state index < -0.39 is 0 Å². The van der Waals surface area contributed by atoms with E-state index in [0.717, 1.165) is 25.2 Å². The first-order valence-electron chi connectivity index (χ1n) is 7.12. The minimum absolute atomic E-state index is 0.00532. The Hall–Kier alpha value is -2.49. The summed E-state index contributed by atoms with van der Waals surface area (Å²) < 4.78 is 12.5. The molecule has 1 aliphatic rings.